The minimum Gasteiger partial charge on any atom is -0.461 e. The summed E-state index contributed by atoms with van der Waals surface area (Å²) < 4.78 is 52.6. The maximum Gasteiger partial charge on any atom is 0.255 e. The Morgan fingerprint density at radius 1 is 1.00 bits per heavy atom. The number of hydrogen-bond acceptors (Lipinski definition) is 6. The van der Waals surface area contributed by atoms with Gasteiger partial charge >= 0.3 is 0 Å². The molecule has 2 N–H and O–H groups in total. The van der Waals surface area contributed by atoms with E-state index < -0.39 is 15.8 Å². The zero-order chi connectivity index (χ0) is 28.9. The lowest BCUT2D eigenvalue weighted by Crippen LogP contribution is -2.25. The van der Waals surface area contributed by atoms with Crippen molar-refractivity contribution in [2.75, 3.05) is 31.2 Å². The zero-order valence-electron chi connectivity index (χ0n) is 22.7. The first-order valence-corrected chi connectivity index (χ1v) is 14.9. The van der Waals surface area contributed by atoms with E-state index in [9.17, 15) is 17.6 Å². The Kier molecular flexibility index (Phi) is 6.67. The quantitative estimate of drug-likeness (QED) is 0.275. The molecule has 1 aliphatic heterocycles. The molecule has 1 aliphatic rings. The largest absolute Gasteiger partial charge is 0.461 e. The summed E-state index contributed by atoms with van der Waals surface area (Å²) in [6.07, 6.45) is 1.94. The van der Waals surface area contributed by atoms with Gasteiger partial charge in [0.1, 0.15) is 28.7 Å². The molecule has 210 valence electrons. The number of carbonyl (C=O) groups excluding carboxylic acids is 1. The van der Waals surface area contributed by atoms with Crippen molar-refractivity contribution < 1.29 is 26.4 Å². The van der Waals surface area contributed by atoms with E-state index in [0.29, 0.717) is 27.8 Å². The predicted octanol–water partition coefficient (Wildman–Crippen LogP) is 5.57. The molecule has 2 aromatic heterocycles. The third-order valence-corrected chi connectivity index (χ3v) is 8.59. The van der Waals surface area contributed by atoms with E-state index in [0.717, 1.165) is 54.0 Å². The highest BCUT2D eigenvalue weighted by Gasteiger charge is 2.26. The van der Waals surface area contributed by atoms with Crippen LogP contribution in [0.4, 0.5) is 10.1 Å². The summed E-state index contributed by atoms with van der Waals surface area (Å²) in [6.45, 7) is 1.61. The van der Waals surface area contributed by atoms with Gasteiger partial charge < -0.3 is 19.5 Å². The number of anilines is 1. The molecule has 6 rings (SSSR count). The number of furan rings is 2. The molecule has 41 heavy (non-hydrogen) atoms. The van der Waals surface area contributed by atoms with Crippen molar-refractivity contribution in [2.45, 2.75) is 13.0 Å². The summed E-state index contributed by atoms with van der Waals surface area (Å²) in [7, 11) is -0.664. The fourth-order valence-electron chi connectivity index (χ4n) is 5.19. The number of benzene rings is 3. The molecular weight excluding hydrogens is 545 g/mol. The number of hydrogen-bond donors (Lipinski definition) is 2. The van der Waals surface area contributed by atoms with Gasteiger partial charge in [-0.05, 0) is 48.0 Å². The van der Waals surface area contributed by atoms with Crippen molar-refractivity contribution in [3.63, 3.8) is 0 Å². The molecule has 0 spiro atoms. The van der Waals surface area contributed by atoms with E-state index in [1.807, 2.05) is 30.3 Å². The smallest absolute Gasteiger partial charge is 0.255 e. The Balaban J connectivity index is 1.58. The number of fused-ring (bicyclic) bond motifs is 2. The number of halogens is 1. The molecule has 8 nitrogen and oxygen atoms in total. The molecular formula is C31H28FN3O5S. The highest BCUT2D eigenvalue weighted by molar-refractivity contribution is 7.92. The lowest BCUT2D eigenvalue weighted by atomic mass is 9.97. The molecule has 10 heteroatoms. The molecule has 0 atom stereocenters. The number of rotatable bonds is 6. The predicted molar refractivity (Wildman–Crippen MR) is 157 cm³/mol. The highest BCUT2D eigenvalue weighted by Crippen LogP contribution is 2.42. The SMILES string of the molecule is CNC(=O)c1c(-c2ccc(F)cc2)oc2cc(N(C)S(C)(=O)=O)c(-c3cccc(-c4cc5c(o4)CCNC5)c3)cc12. The third kappa shape index (κ3) is 4.89. The maximum absolute atomic E-state index is 13.7. The number of sulfonamides is 1. The van der Waals surface area contributed by atoms with Crippen LogP contribution in [0, 0.1) is 5.82 Å². The summed E-state index contributed by atoms with van der Waals surface area (Å²) in [6, 6.07) is 18.7. The van der Waals surface area contributed by atoms with Crippen molar-refractivity contribution >= 4 is 32.6 Å². The van der Waals surface area contributed by atoms with Crippen LogP contribution in [0.5, 0.6) is 0 Å². The van der Waals surface area contributed by atoms with Gasteiger partial charge in [0.2, 0.25) is 10.0 Å². The fourth-order valence-corrected chi connectivity index (χ4v) is 5.70. The van der Waals surface area contributed by atoms with E-state index in [4.69, 9.17) is 8.83 Å². The normalized spacial score (nSPS) is 13.3. The summed E-state index contributed by atoms with van der Waals surface area (Å²) in [5.41, 5.74) is 4.76. The Labute approximate surface area is 236 Å². The third-order valence-electron chi connectivity index (χ3n) is 7.40. The Hall–Kier alpha value is -4.41. The topological polar surface area (TPSA) is 105 Å². The Bertz CT molecular complexity index is 1880. The monoisotopic (exact) mass is 573 g/mol. The zero-order valence-corrected chi connectivity index (χ0v) is 23.6. The van der Waals surface area contributed by atoms with Gasteiger partial charge in [0, 0.05) is 67.3 Å². The summed E-state index contributed by atoms with van der Waals surface area (Å²) in [4.78, 5) is 13.1. The lowest BCUT2D eigenvalue weighted by Gasteiger charge is -2.21. The molecule has 0 aliphatic carbocycles. The van der Waals surface area contributed by atoms with Crippen molar-refractivity contribution in [1.82, 2.24) is 10.6 Å². The number of amides is 1. The Morgan fingerprint density at radius 3 is 2.46 bits per heavy atom. The van der Waals surface area contributed by atoms with Gasteiger partial charge in [0.15, 0.2) is 0 Å². The second kappa shape index (κ2) is 10.2. The van der Waals surface area contributed by atoms with E-state index in [-0.39, 0.29) is 17.2 Å². The first-order valence-electron chi connectivity index (χ1n) is 13.1. The van der Waals surface area contributed by atoms with Crippen LogP contribution < -0.4 is 14.9 Å². The average molecular weight is 574 g/mol. The second-order valence-corrected chi connectivity index (χ2v) is 12.1. The van der Waals surface area contributed by atoms with Crippen LogP contribution >= 0.6 is 0 Å². The molecule has 1 amide bonds. The average Bonchev–Trinajstić information content (AvgIpc) is 3.57. The van der Waals surface area contributed by atoms with Gasteiger partial charge in [-0.3, -0.25) is 9.10 Å². The second-order valence-electron chi connectivity index (χ2n) is 10.1. The van der Waals surface area contributed by atoms with E-state index >= 15 is 0 Å². The number of carbonyl (C=O) groups is 1. The molecule has 0 radical (unpaired) electrons. The van der Waals surface area contributed by atoms with Crippen molar-refractivity contribution in [2.24, 2.45) is 0 Å². The Morgan fingerprint density at radius 2 is 1.76 bits per heavy atom. The van der Waals surface area contributed by atoms with Crippen LogP contribution in [0.25, 0.3) is 44.7 Å². The minimum absolute atomic E-state index is 0.257. The molecule has 3 heterocycles. The molecule has 0 fully saturated rings. The summed E-state index contributed by atoms with van der Waals surface area (Å²) in [5, 5.41) is 6.50. The molecule has 3 aromatic carbocycles. The van der Waals surface area contributed by atoms with Crippen LogP contribution in [-0.2, 0) is 23.0 Å². The number of nitrogens with one attached hydrogen (secondary N) is 2. The van der Waals surface area contributed by atoms with E-state index in [1.54, 1.807) is 12.1 Å². The van der Waals surface area contributed by atoms with Crippen molar-refractivity contribution in [1.29, 1.82) is 0 Å². The number of nitrogens with zero attached hydrogens (tertiary/aromatic N) is 1. The minimum atomic E-state index is -3.66. The van der Waals surface area contributed by atoms with Gasteiger partial charge in [-0.2, -0.15) is 0 Å². The molecule has 5 aromatic rings. The van der Waals surface area contributed by atoms with Gasteiger partial charge in [-0.1, -0.05) is 18.2 Å². The van der Waals surface area contributed by atoms with Crippen molar-refractivity contribution in [3.8, 4) is 33.8 Å². The molecule has 0 unspecified atom stereocenters. The maximum atomic E-state index is 13.7. The van der Waals surface area contributed by atoms with Gasteiger partial charge in [0.05, 0.1) is 17.5 Å². The summed E-state index contributed by atoms with van der Waals surface area (Å²) >= 11 is 0. The van der Waals surface area contributed by atoms with Crippen LogP contribution in [0.15, 0.2) is 75.6 Å². The van der Waals surface area contributed by atoms with Crippen LogP contribution in [0.2, 0.25) is 0 Å². The summed E-state index contributed by atoms with van der Waals surface area (Å²) in [5.74, 6) is 1.15. The van der Waals surface area contributed by atoms with Gasteiger partial charge in [0.25, 0.3) is 5.91 Å². The van der Waals surface area contributed by atoms with E-state index in [2.05, 4.69) is 10.6 Å². The lowest BCUT2D eigenvalue weighted by molar-refractivity contribution is 0.0964. The van der Waals surface area contributed by atoms with Gasteiger partial charge in [-0.25, -0.2) is 12.8 Å². The van der Waals surface area contributed by atoms with Crippen LogP contribution in [-0.4, -0.2) is 41.2 Å². The van der Waals surface area contributed by atoms with Crippen LogP contribution in [0.1, 0.15) is 21.7 Å². The van der Waals surface area contributed by atoms with E-state index in [1.165, 1.54) is 42.7 Å². The molecule has 0 saturated carbocycles. The van der Waals surface area contributed by atoms with Crippen molar-refractivity contribution in [3.05, 3.63) is 89.4 Å². The van der Waals surface area contributed by atoms with Crippen LogP contribution in [0.3, 0.4) is 0 Å². The highest BCUT2D eigenvalue weighted by atomic mass is 32.2. The first-order chi connectivity index (χ1) is 19.6. The van der Waals surface area contributed by atoms with Gasteiger partial charge in [-0.15, -0.1) is 0 Å². The first kappa shape index (κ1) is 26.8. The molecule has 0 bridgehead atoms. The fraction of sp³-hybridized carbons (Fsp3) is 0.194. The standard InChI is InChI=1S/C31H28FN3O5S/c1-33-31(36)29-24-15-23(19-5-4-6-20(13-19)27-14-21-17-34-12-11-26(21)39-27)25(35(2)41(3,37)38)16-28(24)40-30(29)18-7-9-22(32)10-8-18/h4-10,13-16,34H,11-12,17H2,1-3H3,(H,33,36). The molecule has 0 saturated heterocycles.